The minimum atomic E-state index is -0.0861. The molecule has 1 fully saturated rings. The van der Waals surface area contributed by atoms with Gasteiger partial charge in [0.1, 0.15) is 18.2 Å². The highest BCUT2D eigenvalue weighted by Gasteiger charge is 2.28. The maximum atomic E-state index is 12.7. The van der Waals surface area contributed by atoms with Crippen LogP contribution in [0.4, 0.5) is 0 Å². The maximum absolute atomic E-state index is 12.7. The number of ether oxygens (including phenoxy) is 1. The Bertz CT molecular complexity index is 1250. The summed E-state index contributed by atoms with van der Waals surface area (Å²) in [5, 5.41) is 0. The van der Waals surface area contributed by atoms with E-state index in [-0.39, 0.29) is 5.56 Å². The van der Waals surface area contributed by atoms with Crippen molar-refractivity contribution in [3.05, 3.63) is 82.3 Å². The van der Waals surface area contributed by atoms with E-state index >= 15 is 0 Å². The zero-order valence-corrected chi connectivity index (χ0v) is 16.5. The van der Waals surface area contributed by atoms with Gasteiger partial charge in [0.05, 0.1) is 22.9 Å². The number of imidazole rings is 1. The number of benzene rings is 1. The molecule has 0 radical (unpaired) electrons. The van der Waals surface area contributed by atoms with E-state index in [0.29, 0.717) is 18.3 Å². The third kappa shape index (κ3) is 3.42. The van der Waals surface area contributed by atoms with Crippen molar-refractivity contribution in [3.8, 4) is 11.4 Å². The molecule has 0 N–H and O–H groups in total. The predicted octanol–water partition coefficient (Wildman–Crippen LogP) is 3.88. The minimum Gasteiger partial charge on any atom is -0.487 e. The molecule has 6 heteroatoms. The SMILES string of the molecule is Cc1ccc(OCc2ccn(-c3ccc4nc(C5CC5)n(C)c4c3)c(=O)c2)cn1. The molecule has 5 rings (SSSR count). The quantitative estimate of drug-likeness (QED) is 0.522. The number of hydrogen-bond donors (Lipinski definition) is 0. The lowest BCUT2D eigenvalue weighted by molar-refractivity contribution is 0.304. The lowest BCUT2D eigenvalue weighted by Gasteiger charge is -2.09. The summed E-state index contributed by atoms with van der Waals surface area (Å²) < 4.78 is 9.53. The van der Waals surface area contributed by atoms with Gasteiger partial charge in [-0.3, -0.25) is 14.3 Å². The van der Waals surface area contributed by atoms with Crippen LogP contribution in [0.2, 0.25) is 0 Å². The molecular formula is C23H22N4O2. The normalized spacial score (nSPS) is 13.7. The zero-order valence-electron chi connectivity index (χ0n) is 16.5. The van der Waals surface area contributed by atoms with Crippen LogP contribution in [0, 0.1) is 6.92 Å². The molecule has 6 nitrogen and oxygen atoms in total. The molecule has 3 heterocycles. The summed E-state index contributed by atoms with van der Waals surface area (Å²) in [4.78, 5) is 21.7. The van der Waals surface area contributed by atoms with Crippen LogP contribution in [-0.4, -0.2) is 19.1 Å². The molecule has 1 saturated carbocycles. The molecule has 0 amide bonds. The first-order valence-electron chi connectivity index (χ1n) is 9.82. The van der Waals surface area contributed by atoms with Crippen LogP contribution in [0.1, 0.15) is 35.8 Å². The standard InChI is InChI=1S/C23H22N4O2/c1-15-3-7-19(13-24-15)29-14-16-9-10-27(22(28)11-16)18-6-8-20-21(12-18)26(2)23(25-20)17-4-5-17/h3,6-13,17H,4-5,14H2,1-2H3. The van der Waals surface area contributed by atoms with Gasteiger partial charge in [-0.25, -0.2) is 4.98 Å². The third-order valence-electron chi connectivity index (χ3n) is 5.39. The summed E-state index contributed by atoms with van der Waals surface area (Å²) in [6, 6.07) is 13.3. The van der Waals surface area contributed by atoms with Crippen molar-refractivity contribution >= 4 is 11.0 Å². The summed E-state index contributed by atoms with van der Waals surface area (Å²) in [7, 11) is 2.05. The van der Waals surface area contributed by atoms with Gasteiger partial charge in [-0.05, 0) is 61.7 Å². The first-order chi connectivity index (χ1) is 14.1. The Balaban J connectivity index is 1.40. The molecule has 29 heavy (non-hydrogen) atoms. The summed E-state index contributed by atoms with van der Waals surface area (Å²) in [5.74, 6) is 2.41. The van der Waals surface area contributed by atoms with Crippen molar-refractivity contribution in [2.75, 3.05) is 0 Å². The number of rotatable bonds is 5. The second kappa shape index (κ2) is 6.88. The Morgan fingerprint density at radius 2 is 2.00 bits per heavy atom. The Hall–Kier alpha value is -3.41. The van der Waals surface area contributed by atoms with Gasteiger partial charge >= 0.3 is 0 Å². The van der Waals surface area contributed by atoms with E-state index in [0.717, 1.165) is 33.8 Å². The number of fused-ring (bicyclic) bond motifs is 1. The molecule has 0 bridgehead atoms. The first-order valence-corrected chi connectivity index (χ1v) is 9.82. The molecule has 1 aromatic carbocycles. The number of aromatic nitrogens is 4. The van der Waals surface area contributed by atoms with Crippen molar-refractivity contribution in [1.29, 1.82) is 0 Å². The van der Waals surface area contributed by atoms with Crippen LogP contribution in [0.3, 0.4) is 0 Å². The number of hydrogen-bond acceptors (Lipinski definition) is 4. The molecule has 0 spiro atoms. The lowest BCUT2D eigenvalue weighted by Crippen LogP contribution is -2.17. The van der Waals surface area contributed by atoms with Crippen LogP contribution < -0.4 is 10.3 Å². The molecule has 4 aromatic rings. The van der Waals surface area contributed by atoms with Gasteiger partial charge < -0.3 is 9.30 Å². The summed E-state index contributed by atoms with van der Waals surface area (Å²) in [6.45, 7) is 2.26. The van der Waals surface area contributed by atoms with E-state index in [9.17, 15) is 4.79 Å². The first kappa shape index (κ1) is 17.7. The number of pyridine rings is 2. The monoisotopic (exact) mass is 386 g/mol. The van der Waals surface area contributed by atoms with E-state index < -0.39 is 0 Å². The fraction of sp³-hybridized carbons (Fsp3) is 0.261. The van der Waals surface area contributed by atoms with Crippen molar-refractivity contribution in [2.24, 2.45) is 7.05 Å². The van der Waals surface area contributed by atoms with E-state index in [4.69, 9.17) is 9.72 Å². The highest BCUT2D eigenvalue weighted by molar-refractivity contribution is 5.78. The van der Waals surface area contributed by atoms with Gasteiger partial charge in [-0.1, -0.05) is 0 Å². The number of nitrogens with zero attached hydrogens (tertiary/aromatic N) is 4. The van der Waals surface area contributed by atoms with E-state index in [2.05, 4.69) is 16.6 Å². The molecule has 146 valence electrons. The highest BCUT2D eigenvalue weighted by atomic mass is 16.5. The van der Waals surface area contributed by atoms with Crippen LogP contribution in [-0.2, 0) is 13.7 Å². The second-order valence-corrected chi connectivity index (χ2v) is 7.64. The second-order valence-electron chi connectivity index (χ2n) is 7.64. The lowest BCUT2D eigenvalue weighted by atomic mass is 10.2. The average molecular weight is 386 g/mol. The van der Waals surface area contributed by atoms with Gasteiger partial charge in [0.25, 0.3) is 5.56 Å². The zero-order chi connectivity index (χ0) is 20.0. The Morgan fingerprint density at radius 3 is 2.72 bits per heavy atom. The maximum Gasteiger partial charge on any atom is 0.255 e. The van der Waals surface area contributed by atoms with E-state index in [1.54, 1.807) is 23.0 Å². The van der Waals surface area contributed by atoms with Crippen LogP contribution in [0.15, 0.2) is 59.7 Å². The summed E-state index contributed by atoms with van der Waals surface area (Å²) in [6.07, 6.45) is 5.92. The smallest absolute Gasteiger partial charge is 0.255 e. The van der Waals surface area contributed by atoms with Crippen LogP contribution >= 0.6 is 0 Å². The molecule has 1 aliphatic rings. The Kier molecular flexibility index (Phi) is 4.19. The van der Waals surface area contributed by atoms with Crippen molar-refractivity contribution in [1.82, 2.24) is 19.1 Å². The molecule has 0 aliphatic heterocycles. The Morgan fingerprint density at radius 1 is 1.14 bits per heavy atom. The average Bonchev–Trinajstić information content (AvgIpc) is 3.52. The number of aryl methyl sites for hydroxylation is 2. The van der Waals surface area contributed by atoms with Crippen LogP contribution in [0.5, 0.6) is 5.75 Å². The Labute approximate surface area is 168 Å². The predicted molar refractivity (Wildman–Crippen MR) is 112 cm³/mol. The molecule has 0 saturated heterocycles. The third-order valence-corrected chi connectivity index (χ3v) is 5.39. The van der Waals surface area contributed by atoms with Crippen molar-refractivity contribution in [3.63, 3.8) is 0 Å². The van der Waals surface area contributed by atoms with Crippen molar-refractivity contribution < 1.29 is 4.74 Å². The van der Waals surface area contributed by atoms with Gasteiger partial charge in [0, 0.05) is 30.9 Å². The van der Waals surface area contributed by atoms with E-state index in [1.807, 2.05) is 43.3 Å². The van der Waals surface area contributed by atoms with Gasteiger partial charge in [-0.15, -0.1) is 0 Å². The topological polar surface area (TPSA) is 61.9 Å². The molecule has 0 unspecified atom stereocenters. The molecular weight excluding hydrogens is 364 g/mol. The molecule has 1 aliphatic carbocycles. The molecule has 3 aromatic heterocycles. The highest BCUT2D eigenvalue weighted by Crippen LogP contribution is 2.40. The largest absolute Gasteiger partial charge is 0.487 e. The fourth-order valence-corrected chi connectivity index (χ4v) is 3.58. The fourth-order valence-electron chi connectivity index (χ4n) is 3.58. The van der Waals surface area contributed by atoms with Gasteiger partial charge in [-0.2, -0.15) is 0 Å². The van der Waals surface area contributed by atoms with Gasteiger partial charge in [0.2, 0.25) is 0 Å². The van der Waals surface area contributed by atoms with E-state index in [1.165, 1.54) is 12.8 Å². The summed E-state index contributed by atoms with van der Waals surface area (Å²) >= 11 is 0. The minimum absolute atomic E-state index is 0.0861. The van der Waals surface area contributed by atoms with Crippen LogP contribution in [0.25, 0.3) is 16.7 Å². The summed E-state index contributed by atoms with van der Waals surface area (Å²) in [5.41, 5.74) is 4.54. The van der Waals surface area contributed by atoms with Gasteiger partial charge in [0.15, 0.2) is 0 Å². The molecule has 0 atom stereocenters. The van der Waals surface area contributed by atoms with Crippen molar-refractivity contribution in [2.45, 2.75) is 32.3 Å².